The van der Waals surface area contributed by atoms with Crippen LogP contribution in [0.1, 0.15) is 5.56 Å². The molecule has 0 aromatic heterocycles. The molecule has 0 unspecified atom stereocenters. The molecule has 2 heterocycles. The van der Waals surface area contributed by atoms with Crippen molar-refractivity contribution in [1.82, 2.24) is 18.4 Å². The first-order valence-electron chi connectivity index (χ1n) is 8.86. The van der Waals surface area contributed by atoms with E-state index < -0.39 is 10.2 Å². The van der Waals surface area contributed by atoms with E-state index in [-0.39, 0.29) is 0 Å². The molecule has 2 fully saturated rings. The standard InChI is InChI=1S/C17H27ClN4O2S/c1-19-8-12-21(13-9-19)25(23,24)22-14-10-20(11-15-22)7-6-16-2-4-17(18)5-3-16/h2-5H,6-15H2,1H3. The predicted octanol–water partition coefficient (Wildman–Crippen LogP) is 0.992. The lowest BCUT2D eigenvalue weighted by Crippen LogP contribution is -2.56. The van der Waals surface area contributed by atoms with Crippen molar-refractivity contribution in [3.05, 3.63) is 34.9 Å². The van der Waals surface area contributed by atoms with Gasteiger partial charge >= 0.3 is 0 Å². The summed E-state index contributed by atoms with van der Waals surface area (Å²) in [6, 6.07) is 7.93. The highest BCUT2D eigenvalue weighted by Gasteiger charge is 2.33. The minimum absolute atomic E-state index is 0.579. The maximum Gasteiger partial charge on any atom is 0.282 e. The molecular weight excluding hydrogens is 360 g/mol. The Labute approximate surface area is 156 Å². The normalized spacial score (nSPS) is 22.3. The first-order chi connectivity index (χ1) is 11.9. The molecule has 6 nitrogen and oxygen atoms in total. The SMILES string of the molecule is CN1CCN(S(=O)(=O)N2CCN(CCc3ccc(Cl)cc3)CC2)CC1. The average molecular weight is 387 g/mol. The smallest absolute Gasteiger partial charge is 0.282 e. The summed E-state index contributed by atoms with van der Waals surface area (Å²) >= 11 is 5.91. The van der Waals surface area contributed by atoms with E-state index in [2.05, 4.69) is 21.9 Å². The molecule has 0 spiro atoms. The number of piperazine rings is 2. The van der Waals surface area contributed by atoms with Crippen molar-refractivity contribution in [3.63, 3.8) is 0 Å². The van der Waals surface area contributed by atoms with Crippen LogP contribution in [0.25, 0.3) is 0 Å². The molecule has 25 heavy (non-hydrogen) atoms. The number of hydrogen-bond acceptors (Lipinski definition) is 4. The van der Waals surface area contributed by atoms with Crippen LogP contribution in [0.3, 0.4) is 0 Å². The highest BCUT2D eigenvalue weighted by atomic mass is 35.5. The van der Waals surface area contributed by atoms with Crippen LogP contribution in [0.15, 0.2) is 24.3 Å². The minimum Gasteiger partial charge on any atom is -0.304 e. The minimum atomic E-state index is -3.31. The molecule has 140 valence electrons. The van der Waals surface area contributed by atoms with E-state index >= 15 is 0 Å². The van der Waals surface area contributed by atoms with Crippen molar-refractivity contribution < 1.29 is 8.42 Å². The van der Waals surface area contributed by atoms with Crippen LogP contribution in [-0.2, 0) is 16.6 Å². The molecule has 0 saturated carbocycles. The van der Waals surface area contributed by atoms with Gasteiger partial charge in [0.15, 0.2) is 0 Å². The number of rotatable bonds is 5. The fraction of sp³-hybridized carbons (Fsp3) is 0.647. The van der Waals surface area contributed by atoms with E-state index in [1.165, 1.54) is 5.56 Å². The van der Waals surface area contributed by atoms with Crippen molar-refractivity contribution in [2.45, 2.75) is 6.42 Å². The summed E-state index contributed by atoms with van der Waals surface area (Å²) in [5, 5.41) is 0.756. The summed E-state index contributed by atoms with van der Waals surface area (Å²) in [7, 11) is -1.27. The van der Waals surface area contributed by atoms with E-state index in [0.29, 0.717) is 26.2 Å². The Morgan fingerprint density at radius 3 is 1.96 bits per heavy atom. The van der Waals surface area contributed by atoms with Gasteiger partial charge in [0.05, 0.1) is 0 Å². The zero-order valence-electron chi connectivity index (χ0n) is 14.8. The van der Waals surface area contributed by atoms with Gasteiger partial charge in [-0.05, 0) is 31.2 Å². The average Bonchev–Trinajstić information content (AvgIpc) is 2.62. The van der Waals surface area contributed by atoms with Gasteiger partial charge in [-0.25, -0.2) is 0 Å². The molecule has 3 rings (SSSR count). The topological polar surface area (TPSA) is 47.1 Å². The maximum atomic E-state index is 12.8. The van der Waals surface area contributed by atoms with Gasteiger partial charge in [-0.1, -0.05) is 23.7 Å². The molecule has 1 aromatic rings. The lowest BCUT2D eigenvalue weighted by Gasteiger charge is -2.39. The summed E-state index contributed by atoms with van der Waals surface area (Å²) in [4.78, 5) is 4.51. The van der Waals surface area contributed by atoms with E-state index in [1.54, 1.807) is 8.61 Å². The van der Waals surface area contributed by atoms with Crippen LogP contribution in [-0.4, -0.2) is 92.8 Å². The number of halogens is 1. The molecule has 0 aliphatic carbocycles. The predicted molar refractivity (Wildman–Crippen MR) is 101 cm³/mol. The van der Waals surface area contributed by atoms with Crippen molar-refractivity contribution >= 4 is 21.8 Å². The molecule has 2 saturated heterocycles. The lowest BCUT2D eigenvalue weighted by molar-refractivity contribution is 0.171. The largest absolute Gasteiger partial charge is 0.304 e. The Kier molecular flexibility index (Phi) is 6.35. The van der Waals surface area contributed by atoms with Crippen molar-refractivity contribution in [3.8, 4) is 0 Å². The molecule has 0 atom stereocenters. The van der Waals surface area contributed by atoms with E-state index in [9.17, 15) is 8.42 Å². The van der Waals surface area contributed by atoms with Crippen LogP contribution >= 0.6 is 11.6 Å². The molecule has 0 bridgehead atoms. The monoisotopic (exact) mass is 386 g/mol. The molecule has 2 aliphatic heterocycles. The third kappa shape index (κ3) is 4.93. The lowest BCUT2D eigenvalue weighted by atomic mass is 10.1. The second kappa shape index (κ2) is 8.33. The Morgan fingerprint density at radius 1 is 0.880 bits per heavy atom. The highest BCUT2D eigenvalue weighted by molar-refractivity contribution is 7.86. The first-order valence-corrected chi connectivity index (χ1v) is 10.6. The zero-order valence-corrected chi connectivity index (χ0v) is 16.3. The van der Waals surface area contributed by atoms with E-state index in [0.717, 1.165) is 44.2 Å². The van der Waals surface area contributed by atoms with Gasteiger partial charge in [0, 0.05) is 63.9 Å². The molecule has 1 aromatic carbocycles. The summed E-state index contributed by atoms with van der Waals surface area (Å²) in [6.07, 6.45) is 0.961. The van der Waals surface area contributed by atoms with Crippen molar-refractivity contribution in [1.29, 1.82) is 0 Å². The van der Waals surface area contributed by atoms with Crippen molar-refractivity contribution in [2.75, 3.05) is 66.0 Å². The molecule has 0 N–H and O–H groups in total. The molecule has 8 heteroatoms. The second-order valence-electron chi connectivity index (χ2n) is 6.83. The fourth-order valence-corrected chi connectivity index (χ4v) is 5.01. The first kappa shape index (κ1) is 19.1. The number of benzene rings is 1. The molecule has 2 aliphatic rings. The summed E-state index contributed by atoms with van der Waals surface area (Å²) in [5.74, 6) is 0. The molecular formula is C17H27ClN4O2S. The second-order valence-corrected chi connectivity index (χ2v) is 9.19. The van der Waals surface area contributed by atoms with Crippen LogP contribution in [0.4, 0.5) is 0 Å². The molecule has 0 amide bonds. The Balaban J connectivity index is 1.47. The van der Waals surface area contributed by atoms with Gasteiger partial charge in [-0.3, -0.25) is 0 Å². The number of nitrogens with zero attached hydrogens (tertiary/aromatic N) is 4. The quantitative estimate of drug-likeness (QED) is 0.757. The summed E-state index contributed by atoms with van der Waals surface area (Å²) in [6.45, 7) is 6.49. The summed E-state index contributed by atoms with van der Waals surface area (Å²) in [5.41, 5.74) is 1.26. The Hall–Kier alpha value is -0.700. The van der Waals surface area contributed by atoms with E-state index in [4.69, 9.17) is 11.6 Å². The van der Waals surface area contributed by atoms with Gasteiger partial charge < -0.3 is 9.80 Å². The number of likely N-dealkylation sites (N-methyl/N-ethyl adjacent to an activating group) is 1. The van der Waals surface area contributed by atoms with Crippen LogP contribution in [0, 0.1) is 0 Å². The zero-order chi connectivity index (χ0) is 17.9. The van der Waals surface area contributed by atoms with Gasteiger partial charge in [-0.2, -0.15) is 17.0 Å². The fourth-order valence-electron chi connectivity index (χ4n) is 3.30. The molecule has 0 radical (unpaired) electrons. The Morgan fingerprint density at radius 2 is 1.40 bits per heavy atom. The van der Waals surface area contributed by atoms with Gasteiger partial charge in [-0.15, -0.1) is 0 Å². The highest BCUT2D eigenvalue weighted by Crippen LogP contribution is 2.15. The van der Waals surface area contributed by atoms with Crippen LogP contribution < -0.4 is 0 Å². The van der Waals surface area contributed by atoms with E-state index in [1.807, 2.05) is 19.2 Å². The maximum absolute atomic E-state index is 12.8. The number of hydrogen-bond donors (Lipinski definition) is 0. The van der Waals surface area contributed by atoms with Crippen molar-refractivity contribution in [2.24, 2.45) is 0 Å². The van der Waals surface area contributed by atoms with Gasteiger partial charge in [0.1, 0.15) is 0 Å². The summed E-state index contributed by atoms with van der Waals surface area (Å²) < 4.78 is 28.8. The third-order valence-electron chi connectivity index (χ3n) is 5.08. The van der Waals surface area contributed by atoms with Crippen LogP contribution in [0.2, 0.25) is 5.02 Å². The van der Waals surface area contributed by atoms with Crippen LogP contribution in [0.5, 0.6) is 0 Å². The van der Waals surface area contributed by atoms with Gasteiger partial charge in [0.25, 0.3) is 10.2 Å². The third-order valence-corrected chi connectivity index (χ3v) is 7.36. The Bertz CT molecular complexity index is 652. The van der Waals surface area contributed by atoms with Gasteiger partial charge in [0.2, 0.25) is 0 Å².